The maximum atomic E-state index is 13.9. The molecule has 0 aliphatic carbocycles. The van der Waals surface area contributed by atoms with Crippen molar-refractivity contribution in [2.24, 2.45) is 0 Å². The zero-order chi connectivity index (χ0) is 28.4. The fraction of sp³-hybridized carbons (Fsp3) is 0.433. The third-order valence-electron chi connectivity index (χ3n) is 7.36. The lowest BCUT2D eigenvalue weighted by Crippen LogP contribution is -2.49. The molecule has 40 heavy (non-hydrogen) atoms. The molecule has 2 amide bonds. The van der Waals surface area contributed by atoms with E-state index in [2.05, 4.69) is 10.00 Å². The Morgan fingerprint density at radius 2 is 1.45 bits per heavy atom. The molecule has 1 aromatic heterocycles. The number of likely N-dealkylation sites (tertiary alicyclic amines) is 1. The van der Waals surface area contributed by atoms with E-state index in [1.165, 1.54) is 0 Å². The summed E-state index contributed by atoms with van der Waals surface area (Å²) < 4.78 is 7.42. The van der Waals surface area contributed by atoms with Gasteiger partial charge in [0.25, 0.3) is 5.91 Å². The molecule has 3 aromatic rings. The van der Waals surface area contributed by atoms with Crippen LogP contribution in [0, 0.1) is 0 Å². The summed E-state index contributed by atoms with van der Waals surface area (Å²) in [6, 6.07) is 15.3. The minimum Gasteiger partial charge on any atom is -0.444 e. The normalized spacial score (nSPS) is 16.8. The van der Waals surface area contributed by atoms with Gasteiger partial charge in [-0.25, -0.2) is 9.48 Å². The molecule has 212 valence electrons. The second-order valence-electron chi connectivity index (χ2n) is 11.3. The Kier molecular flexibility index (Phi) is 8.29. The van der Waals surface area contributed by atoms with Gasteiger partial charge in [-0.1, -0.05) is 35.3 Å². The average Bonchev–Trinajstić information content (AvgIpc) is 3.37. The molecule has 0 spiro atoms. The number of carbonyl (C=O) groups is 2. The number of ether oxygens (including phenoxy) is 1. The number of hydrogen-bond acceptors (Lipinski definition) is 5. The second kappa shape index (κ2) is 11.7. The summed E-state index contributed by atoms with van der Waals surface area (Å²) in [5.74, 6) is 0.0236. The third kappa shape index (κ3) is 6.39. The maximum Gasteiger partial charge on any atom is 0.410 e. The smallest absolute Gasteiger partial charge is 0.410 e. The number of aromatic nitrogens is 2. The molecular formula is C30H35Cl2N5O3. The van der Waals surface area contributed by atoms with Gasteiger partial charge >= 0.3 is 6.09 Å². The van der Waals surface area contributed by atoms with E-state index in [9.17, 15) is 9.59 Å². The van der Waals surface area contributed by atoms with E-state index in [-0.39, 0.29) is 17.9 Å². The zero-order valence-corrected chi connectivity index (χ0v) is 24.7. The Morgan fingerprint density at radius 1 is 0.850 bits per heavy atom. The number of amides is 2. The first-order chi connectivity index (χ1) is 19.1. The fourth-order valence-corrected chi connectivity index (χ4v) is 5.77. The van der Waals surface area contributed by atoms with Crippen LogP contribution in [0.3, 0.4) is 0 Å². The first kappa shape index (κ1) is 28.3. The number of halogens is 2. The molecule has 0 radical (unpaired) electrons. The van der Waals surface area contributed by atoms with E-state index < -0.39 is 5.60 Å². The van der Waals surface area contributed by atoms with Crippen molar-refractivity contribution < 1.29 is 14.3 Å². The minimum absolute atomic E-state index is 0.0244. The van der Waals surface area contributed by atoms with Gasteiger partial charge in [0.2, 0.25) is 0 Å². The predicted molar refractivity (Wildman–Crippen MR) is 158 cm³/mol. The predicted octanol–water partition coefficient (Wildman–Crippen LogP) is 6.26. The number of carbonyl (C=O) groups excluding carboxylic acids is 2. The van der Waals surface area contributed by atoms with Gasteiger partial charge < -0.3 is 19.4 Å². The highest BCUT2D eigenvalue weighted by atomic mass is 35.5. The Bertz CT molecular complexity index is 1370. The summed E-state index contributed by atoms with van der Waals surface area (Å²) in [4.78, 5) is 32.5. The summed E-state index contributed by atoms with van der Waals surface area (Å²) in [5.41, 5.74) is 2.79. The van der Waals surface area contributed by atoms with E-state index in [1.807, 2.05) is 78.9 Å². The van der Waals surface area contributed by atoms with Crippen molar-refractivity contribution in [2.45, 2.75) is 45.1 Å². The van der Waals surface area contributed by atoms with Crippen molar-refractivity contribution in [1.29, 1.82) is 0 Å². The van der Waals surface area contributed by atoms with Crippen LogP contribution in [-0.4, -0.2) is 76.5 Å². The SMILES string of the molecule is CC(C)(C)OC(=O)N1CCC(c2c(C(=O)N3CCN(c4cccc(Cl)c4)CC3)cnn2-c2cccc(Cl)c2)CC1. The Labute approximate surface area is 245 Å². The van der Waals surface area contributed by atoms with Crippen molar-refractivity contribution in [3.05, 3.63) is 76.0 Å². The number of benzene rings is 2. The van der Waals surface area contributed by atoms with Crippen molar-refractivity contribution in [3.8, 4) is 5.69 Å². The van der Waals surface area contributed by atoms with Gasteiger partial charge in [-0.15, -0.1) is 0 Å². The van der Waals surface area contributed by atoms with Crippen LogP contribution in [0.25, 0.3) is 5.69 Å². The monoisotopic (exact) mass is 583 g/mol. The van der Waals surface area contributed by atoms with E-state index in [1.54, 1.807) is 11.1 Å². The minimum atomic E-state index is -0.546. The number of piperazine rings is 1. The lowest BCUT2D eigenvalue weighted by atomic mass is 9.90. The summed E-state index contributed by atoms with van der Waals surface area (Å²) in [6.07, 6.45) is 2.79. The van der Waals surface area contributed by atoms with Crippen LogP contribution in [0.15, 0.2) is 54.7 Å². The standard InChI is InChI=1S/C30H35Cl2N5O3/c1-30(2,3)40-29(39)36-12-10-21(11-13-36)27-26(20-33-37(27)25-9-5-7-23(32)19-25)28(38)35-16-14-34(15-17-35)24-8-4-6-22(31)18-24/h4-9,18-21H,10-17H2,1-3H3. The van der Waals surface area contributed by atoms with E-state index in [4.69, 9.17) is 27.9 Å². The molecule has 2 aliphatic rings. The molecule has 2 fully saturated rings. The highest BCUT2D eigenvalue weighted by molar-refractivity contribution is 6.31. The molecule has 0 bridgehead atoms. The lowest BCUT2D eigenvalue weighted by molar-refractivity contribution is 0.0203. The van der Waals surface area contributed by atoms with E-state index in [0.717, 1.165) is 30.2 Å². The van der Waals surface area contributed by atoms with Gasteiger partial charge in [-0.3, -0.25) is 4.79 Å². The van der Waals surface area contributed by atoms with E-state index >= 15 is 0 Å². The summed E-state index contributed by atoms with van der Waals surface area (Å²) >= 11 is 12.5. The van der Waals surface area contributed by atoms with Crippen LogP contribution in [-0.2, 0) is 4.74 Å². The maximum absolute atomic E-state index is 13.9. The molecule has 0 saturated carbocycles. The Balaban J connectivity index is 1.36. The fourth-order valence-electron chi connectivity index (χ4n) is 5.40. The van der Waals surface area contributed by atoms with Crippen LogP contribution >= 0.6 is 23.2 Å². The average molecular weight is 585 g/mol. The van der Waals surface area contributed by atoms with Crippen molar-refractivity contribution in [3.63, 3.8) is 0 Å². The molecular weight excluding hydrogens is 549 g/mol. The molecule has 0 unspecified atom stereocenters. The molecule has 8 nitrogen and oxygen atoms in total. The molecule has 3 heterocycles. The highest BCUT2D eigenvalue weighted by Crippen LogP contribution is 2.34. The number of hydrogen-bond donors (Lipinski definition) is 0. The molecule has 2 saturated heterocycles. The number of nitrogens with zero attached hydrogens (tertiary/aromatic N) is 5. The first-order valence-electron chi connectivity index (χ1n) is 13.7. The first-order valence-corrected chi connectivity index (χ1v) is 14.5. The third-order valence-corrected chi connectivity index (χ3v) is 7.83. The summed E-state index contributed by atoms with van der Waals surface area (Å²) in [7, 11) is 0. The largest absolute Gasteiger partial charge is 0.444 e. The van der Waals surface area contributed by atoms with Crippen LogP contribution in [0.5, 0.6) is 0 Å². The van der Waals surface area contributed by atoms with Crippen LogP contribution < -0.4 is 4.90 Å². The van der Waals surface area contributed by atoms with Gasteiger partial charge in [0.1, 0.15) is 5.60 Å². The van der Waals surface area contributed by atoms with Gasteiger partial charge in [-0.2, -0.15) is 5.10 Å². The summed E-state index contributed by atoms with van der Waals surface area (Å²) in [6.45, 7) is 9.35. The highest BCUT2D eigenvalue weighted by Gasteiger charge is 2.34. The number of anilines is 1. The second-order valence-corrected chi connectivity index (χ2v) is 12.2. The van der Waals surface area contributed by atoms with Crippen LogP contribution in [0.4, 0.5) is 10.5 Å². The van der Waals surface area contributed by atoms with E-state index in [0.29, 0.717) is 54.6 Å². The molecule has 10 heteroatoms. The zero-order valence-electron chi connectivity index (χ0n) is 23.1. The van der Waals surface area contributed by atoms with Crippen molar-refractivity contribution >= 4 is 40.9 Å². The molecule has 2 aromatic carbocycles. The topological polar surface area (TPSA) is 70.9 Å². The van der Waals surface area contributed by atoms with Crippen molar-refractivity contribution in [1.82, 2.24) is 19.6 Å². The quantitative estimate of drug-likeness (QED) is 0.362. The number of piperidine rings is 1. The van der Waals surface area contributed by atoms with Crippen LogP contribution in [0.1, 0.15) is 55.6 Å². The molecule has 0 atom stereocenters. The van der Waals surface area contributed by atoms with Crippen LogP contribution in [0.2, 0.25) is 10.0 Å². The lowest BCUT2D eigenvalue weighted by Gasteiger charge is -2.37. The van der Waals surface area contributed by atoms with Gasteiger partial charge in [0.15, 0.2) is 0 Å². The Morgan fingerprint density at radius 3 is 2.05 bits per heavy atom. The molecule has 0 N–H and O–H groups in total. The number of rotatable bonds is 4. The molecule has 5 rings (SSSR count). The van der Waals surface area contributed by atoms with Gasteiger partial charge in [0.05, 0.1) is 23.1 Å². The van der Waals surface area contributed by atoms with Gasteiger partial charge in [-0.05, 0) is 70.0 Å². The van der Waals surface area contributed by atoms with Gasteiger partial charge in [0, 0.05) is 60.9 Å². The molecule has 2 aliphatic heterocycles. The summed E-state index contributed by atoms with van der Waals surface area (Å²) in [5, 5.41) is 5.98. The Hall–Kier alpha value is -3.23. The van der Waals surface area contributed by atoms with Crippen molar-refractivity contribution in [2.75, 3.05) is 44.2 Å².